The van der Waals surface area contributed by atoms with Crippen LogP contribution in [-0.2, 0) is 0 Å². The molecule has 1 aromatic rings. The van der Waals surface area contributed by atoms with Crippen LogP contribution in [0.25, 0.3) is 0 Å². The van der Waals surface area contributed by atoms with Crippen LogP contribution in [0.3, 0.4) is 0 Å². The van der Waals surface area contributed by atoms with Crippen molar-refractivity contribution >= 4 is 0 Å². The summed E-state index contributed by atoms with van der Waals surface area (Å²) in [5.74, 6) is 0.825. The van der Waals surface area contributed by atoms with Crippen LogP contribution in [0, 0.1) is 17.2 Å². The van der Waals surface area contributed by atoms with E-state index in [4.69, 9.17) is 0 Å². The van der Waals surface area contributed by atoms with E-state index >= 15 is 0 Å². The van der Waals surface area contributed by atoms with Gasteiger partial charge in [0.1, 0.15) is 0 Å². The van der Waals surface area contributed by atoms with Gasteiger partial charge in [0.25, 0.3) is 0 Å². The third kappa shape index (κ3) is 4.32. The van der Waals surface area contributed by atoms with E-state index in [0.717, 1.165) is 25.8 Å². The van der Waals surface area contributed by atoms with Gasteiger partial charge in [-0.05, 0) is 50.8 Å². The molecule has 1 saturated carbocycles. The lowest BCUT2D eigenvalue weighted by Crippen LogP contribution is -2.41. The fourth-order valence-electron chi connectivity index (χ4n) is 3.59. The number of hydrogen-bond acceptors (Lipinski definition) is 2. The monoisotopic (exact) mass is 284 g/mol. The maximum Gasteiger partial charge on any atom is 0.0672 e. The topological polar surface area (TPSA) is 27.0 Å². The summed E-state index contributed by atoms with van der Waals surface area (Å²) in [7, 11) is 2.21. The van der Waals surface area contributed by atoms with Gasteiger partial charge in [-0.2, -0.15) is 5.26 Å². The van der Waals surface area contributed by atoms with E-state index in [2.05, 4.69) is 55.3 Å². The molecular weight excluding hydrogens is 256 g/mol. The van der Waals surface area contributed by atoms with Crippen LogP contribution in [-0.4, -0.2) is 24.5 Å². The van der Waals surface area contributed by atoms with Gasteiger partial charge in [-0.25, -0.2) is 0 Å². The molecule has 0 radical (unpaired) electrons. The minimum atomic E-state index is 0.205. The Balaban J connectivity index is 2.00. The smallest absolute Gasteiger partial charge is 0.0672 e. The number of rotatable bonds is 6. The molecule has 21 heavy (non-hydrogen) atoms. The van der Waals surface area contributed by atoms with Gasteiger partial charge in [0.2, 0.25) is 0 Å². The zero-order valence-electron chi connectivity index (χ0n) is 13.5. The van der Waals surface area contributed by atoms with Crippen molar-refractivity contribution in [1.29, 1.82) is 5.26 Å². The minimum Gasteiger partial charge on any atom is -0.302 e. The molecule has 3 atom stereocenters. The zero-order chi connectivity index (χ0) is 15.1. The predicted molar refractivity (Wildman–Crippen MR) is 88.1 cm³/mol. The number of benzene rings is 1. The molecule has 1 aliphatic rings. The van der Waals surface area contributed by atoms with Crippen LogP contribution in [0.5, 0.6) is 0 Å². The highest BCUT2D eigenvalue weighted by Crippen LogP contribution is 2.37. The maximum absolute atomic E-state index is 9.46. The first-order valence-electron chi connectivity index (χ1n) is 8.41. The number of nitrogens with zero attached hydrogens (tertiary/aromatic N) is 2. The molecule has 0 spiro atoms. The van der Waals surface area contributed by atoms with Crippen LogP contribution in [0.4, 0.5) is 0 Å². The Kier molecular flexibility index (Phi) is 6.26. The molecule has 0 amide bonds. The molecule has 0 aliphatic heterocycles. The average Bonchev–Trinajstić information content (AvgIpc) is 2.55. The Morgan fingerprint density at radius 1 is 1.19 bits per heavy atom. The first kappa shape index (κ1) is 16.0. The molecule has 0 heterocycles. The summed E-state index contributed by atoms with van der Waals surface area (Å²) in [6, 6.07) is 13.8. The second-order valence-corrected chi connectivity index (χ2v) is 6.41. The summed E-state index contributed by atoms with van der Waals surface area (Å²) in [6.45, 7) is 3.36. The second-order valence-electron chi connectivity index (χ2n) is 6.41. The van der Waals surface area contributed by atoms with Crippen LogP contribution in [0.1, 0.15) is 56.9 Å². The molecule has 114 valence electrons. The summed E-state index contributed by atoms with van der Waals surface area (Å²) in [4.78, 5) is 2.44. The number of unbranched alkanes of at least 4 members (excludes halogenated alkanes) is 2. The van der Waals surface area contributed by atoms with Gasteiger partial charge in [-0.15, -0.1) is 0 Å². The lowest BCUT2D eigenvalue weighted by atomic mass is 9.75. The Bertz CT molecular complexity index is 448. The zero-order valence-corrected chi connectivity index (χ0v) is 13.5. The van der Waals surface area contributed by atoms with Crippen LogP contribution >= 0.6 is 0 Å². The van der Waals surface area contributed by atoms with Crippen molar-refractivity contribution in [3.63, 3.8) is 0 Å². The van der Waals surface area contributed by atoms with E-state index in [1.165, 1.54) is 24.8 Å². The predicted octanol–water partition coefficient (Wildman–Crippen LogP) is 4.58. The van der Waals surface area contributed by atoms with Crippen molar-refractivity contribution in [2.24, 2.45) is 5.92 Å². The van der Waals surface area contributed by atoms with E-state index < -0.39 is 0 Å². The molecule has 1 fully saturated rings. The molecular formula is C19H28N2. The molecule has 0 N–H and O–H groups in total. The third-order valence-electron chi connectivity index (χ3n) is 4.93. The lowest BCUT2D eigenvalue weighted by Gasteiger charge is -2.38. The first-order valence-corrected chi connectivity index (χ1v) is 8.41. The highest BCUT2D eigenvalue weighted by Gasteiger charge is 2.33. The summed E-state index contributed by atoms with van der Waals surface area (Å²) in [5, 5.41) is 9.46. The van der Waals surface area contributed by atoms with E-state index in [0.29, 0.717) is 12.0 Å². The molecule has 0 bridgehead atoms. The molecule has 2 rings (SSSR count). The largest absolute Gasteiger partial charge is 0.302 e. The third-order valence-corrected chi connectivity index (χ3v) is 4.93. The maximum atomic E-state index is 9.46. The van der Waals surface area contributed by atoms with Gasteiger partial charge in [-0.3, -0.25) is 0 Å². The Morgan fingerprint density at radius 2 is 1.95 bits per heavy atom. The number of hydrogen-bond donors (Lipinski definition) is 0. The Morgan fingerprint density at radius 3 is 2.62 bits per heavy atom. The molecule has 1 aromatic carbocycles. The van der Waals surface area contributed by atoms with Crippen molar-refractivity contribution < 1.29 is 0 Å². The Hall–Kier alpha value is -1.33. The fraction of sp³-hybridized carbons (Fsp3) is 0.632. The van der Waals surface area contributed by atoms with Crippen LogP contribution in [0.15, 0.2) is 30.3 Å². The molecule has 2 heteroatoms. The van der Waals surface area contributed by atoms with Crippen molar-refractivity contribution in [3.8, 4) is 6.07 Å². The summed E-state index contributed by atoms with van der Waals surface area (Å²) in [6.07, 6.45) is 7.12. The van der Waals surface area contributed by atoms with Gasteiger partial charge in [0.15, 0.2) is 0 Å². The summed E-state index contributed by atoms with van der Waals surface area (Å²) < 4.78 is 0. The van der Waals surface area contributed by atoms with E-state index in [1.807, 2.05) is 0 Å². The van der Waals surface area contributed by atoms with Gasteiger partial charge in [0, 0.05) is 6.04 Å². The van der Waals surface area contributed by atoms with E-state index in [-0.39, 0.29) is 5.92 Å². The highest BCUT2D eigenvalue weighted by atomic mass is 15.1. The average molecular weight is 284 g/mol. The van der Waals surface area contributed by atoms with Crippen molar-refractivity contribution in [3.05, 3.63) is 35.9 Å². The van der Waals surface area contributed by atoms with Gasteiger partial charge >= 0.3 is 0 Å². The SMILES string of the molecule is CCCCCN(C)C1CC(c2ccccc2)CCC1C#N. The van der Waals surface area contributed by atoms with Crippen LogP contribution in [0.2, 0.25) is 0 Å². The fourth-order valence-corrected chi connectivity index (χ4v) is 3.59. The first-order chi connectivity index (χ1) is 10.3. The number of nitriles is 1. The lowest BCUT2D eigenvalue weighted by molar-refractivity contribution is 0.143. The van der Waals surface area contributed by atoms with Crippen LogP contribution < -0.4 is 0 Å². The molecule has 0 aromatic heterocycles. The van der Waals surface area contributed by atoms with Crippen molar-refractivity contribution in [2.45, 2.75) is 57.4 Å². The van der Waals surface area contributed by atoms with E-state index in [9.17, 15) is 5.26 Å². The van der Waals surface area contributed by atoms with Crippen molar-refractivity contribution in [1.82, 2.24) is 4.90 Å². The molecule has 2 nitrogen and oxygen atoms in total. The standard InChI is InChI=1S/C19H28N2/c1-3-4-8-13-21(2)19-14-17(11-12-18(19)15-20)16-9-6-5-7-10-16/h5-7,9-10,17-19H,3-4,8,11-14H2,1-2H3. The van der Waals surface area contributed by atoms with Crippen molar-refractivity contribution in [2.75, 3.05) is 13.6 Å². The second kappa shape index (κ2) is 8.20. The summed E-state index contributed by atoms with van der Waals surface area (Å²) in [5.41, 5.74) is 1.45. The van der Waals surface area contributed by atoms with Gasteiger partial charge in [0.05, 0.1) is 12.0 Å². The summed E-state index contributed by atoms with van der Waals surface area (Å²) >= 11 is 0. The minimum absolute atomic E-state index is 0.205. The molecule has 3 unspecified atom stereocenters. The quantitative estimate of drug-likeness (QED) is 0.715. The van der Waals surface area contributed by atoms with Gasteiger partial charge < -0.3 is 4.90 Å². The molecule has 0 saturated heterocycles. The van der Waals surface area contributed by atoms with Gasteiger partial charge in [-0.1, -0.05) is 50.1 Å². The molecule has 1 aliphatic carbocycles. The highest BCUT2D eigenvalue weighted by molar-refractivity contribution is 5.21. The van der Waals surface area contributed by atoms with E-state index in [1.54, 1.807) is 0 Å². The normalized spacial score (nSPS) is 25.7. The Labute approximate surface area is 129 Å².